The number of carbonyl (C=O) groups excluding carboxylic acids is 1. The number of likely N-dealkylation sites (N-methyl/N-ethyl adjacent to an activating group) is 1. The molecule has 0 unspecified atom stereocenters. The van der Waals surface area contributed by atoms with Crippen molar-refractivity contribution >= 4 is 17.6 Å². The number of amidine groups is 1. The highest BCUT2D eigenvalue weighted by molar-refractivity contribution is 6.39. The molecule has 0 radical (unpaired) electrons. The molecule has 0 bridgehead atoms. The van der Waals surface area contributed by atoms with Gasteiger partial charge in [0.2, 0.25) is 0 Å². The van der Waals surface area contributed by atoms with Gasteiger partial charge in [-0.2, -0.15) is 0 Å². The van der Waals surface area contributed by atoms with Crippen molar-refractivity contribution in [3.63, 3.8) is 0 Å². The van der Waals surface area contributed by atoms with Gasteiger partial charge in [-0.1, -0.05) is 24.3 Å². The highest BCUT2D eigenvalue weighted by Crippen LogP contribution is 2.11. The summed E-state index contributed by atoms with van der Waals surface area (Å²) in [5.41, 5.74) is 1.08. The van der Waals surface area contributed by atoms with Crippen LogP contribution >= 0.6 is 0 Å². The van der Waals surface area contributed by atoms with E-state index in [-0.39, 0.29) is 5.56 Å². The van der Waals surface area contributed by atoms with Gasteiger partial charge in [0.05, 0.1) is 6.54 Å². The third kappa shape index (κ3) is 2.18. The van der Waals surface area contributed by atoms with E-state index in [9.17, 15) is 9.59 Å². The third-order valence-corrected chi connectivity index (χ3v) is 2.66. The molecule has 5 heteroatoms. The van der Waals surface area contributed by atoms with Crippen LogP contribution in [-0.4, -0.2) is 47.7 Å². The lowest BCUT2D eigenvalue weighted by Crippen LogP contribution is -2.23. The summed E-state index contributed by atoms with van der Waals surface area (Å²) in [5.74, 6) is -1.45. The molecule has 5 nitrogen and oxygen atoms in total. The van der Waals surface area contributed by atoms with Crippen LogP contribution in [-0.2, 0) is 4.79 Å². The van der Waals surface area contributed by atoms with Crippen molar-refractivity contribution in [1.82, 2.24) is 4.90 Å². The molecule has 1 aromatic carbocycles. The fourth-order valence-electron chi connectivity index (χ4n) is 1.74. The molecule has 0 amide bonds. The summed E-state index contributed by atoms with van der Waals surface area (Å²) >= 11 is 0. The number of carboxylic acids is 1. The van der Waals surface area contributed by atoms with Crippen molar-refractivity contribution in [2.24, 2.45) is 4.99 Å². The Hall–Kier alpha value is -2.17. The van der Waals surface area contributed by atoms with Crippen molar-refractivity contribution in [3.8, 4) is 0 Å². The van der Waals surface area contributed by atoms with E-state index < -0.39 is 11.8 Å². The van der Waals surface area contributed by atoms with Gasteiger partial charge in [-0.15, -0.1) is 0 Å². The number of carbonyl (C=O) groups is 2. The highest BCUT2D eigenvalue weighted by atomic mass is 16.4. The van der Waals surface area contributed by atoms with Crippen molar-refractivity contribution in [3.05, 3.63) is 35.4 Å². The molecule has 88 valence electrons. The molecule has 0 saturated carbocycles. The Labute approximate surface area is 98.4 Å². The predicted octanol–water partition coefficient (Wildman–Crippen LogP) is 0.646. The molecule has 1 aliphatic rings. The van der Waals surface area contributed by atoms with Crippen LogP contribution in [0.3, 0.4) is 0 Å². The Balaban J connectivity index is 2.24. The summed E-state index contributed by atoms with van der Waals surface area (Å²) in [4.78, 5) is 28.1. The summed E-state index contributed by atoms with van der Waals surface area (Å²) in [6.07, 6.45) is 0. The lowest BCUT2D eigenvalue weighted by molar-refractivity contribution is -0.131. The zero-order chi connectivity index (χ0) is 12.4. The fraction of sp³-hybridized carbons (Fsp3) is 0.250. The Morgan fingerprint density at radius 3 is 2.41 bits per heavy atom. The lowest BCUT2D eigenvalue weighted by Gasteiger charge is -2.13. The van der Waals surface area contributed by atoms with E-state index in [0.717, 1.165) is 24.5 Å². The van der Waals surface area contributed by atoms with Gasteiger partial charge in [-0.05, 0) is 0 Å². The van der Waals surface area contributed by atoms with Crippen LogP contribution in [0.25, 0.3) is 0 Å². The summed E-state index contributed by atoms with van der Waals surface area (Å²) in [5, 5.41) is 8.58. The minimum absolute atomic E-state index is 0.183. The quantitative estimate of drug-likeness (QED) is 0.613. The molecule has 2 rings (SSSR count). The van der Waals surface area contributed by atoms with Gasteiger partial charge in [0, 0.05) is 24.7 Å². The molecule has 1 N–H and O–H groups in total. The first-order valence-electron chi connectivity index (χ1n) is 5.23. The van der Waals surface area contributed by atoms with E-state index in [4.69, 9.17) is 5.11 Å². The average molecular weight is 232 g/mol. The molecule has 1 aromatic rings. The molecular formula is C12H12N2O3. The number of rotatable bonds is 3. The summed E-state index contributed by atoms with van der Waals surface area (Å²) in [6, 6.07) is 6.47. The highest BCUT2D eigenvalue weighted by Gasteiger charge is 2.17. The molecule has 0 aliphatic carbocycles. The normalized spacial score (nSPS) is 14.6. The SMILES string of the molecule is CN1CCN=C1c1ccc(C(=O)C(=O)O)cc1. The summed E-state index contributed by atoms with van der Waals surface area (Å²) in [6.45, 7) is 1.65. The lowest BCUT2D eigenvalue weighted by atomic mass is 10.1. The Morgan fingerprint density at radius 1 is 1.29 bits per heavy atom. The minimum atomic E-state index is -1.44. The zero-order valence-electron chi connectivity index (χ0n) is 9.38. The second-order valence-electron chi connectivity index (χ2n) is 3.84. The standard InChI is InChI=1S/C12H12N2O3/c1-14-7-6-13-11(14)9-4-2-8(3-5-9)10(15)12(16)17/h2-5H,6-7H2,1H3,(H,16,17). The van der Waals surface area contributed by atoms with Gasteiger partial charge in [0.15, 0.2) is 0 Å². The molecule has 0 atom stereocenters. The third-order valence-electron chi connectivity index (χ3n) is 2.66. The van der Waals surface area contributed by atoms with Gasteiger partial charge in [-0.3, -0.25) is 9.79 Å². The van der Waals surface area contributed by atoms with E-state index in [1.54, 1.807) is 12.1 Å². The van der Waals surface area contributed by atoms with E-state index in [2.05, 4.69) is 4.99 Å². The maximum Gasteiger partial charge on any atom is 0.377 e. The van der Waals surface area contributed by atoms with E-state index in [1.807, 2.05) is 11.9 Å². The van der Waals surface area contributed by atoms with Gasteiger partial charge in [0.25, 0.3) is 5.78 Å². The number of hydrogen-bond acceptors (Lipinski definition) is 4. The number of hydrogen-bond donors (Lipinski definition) is 1. The van der Waals surface area contributed by atoms with E-state index in [0.29, 0.717) is 0 Å². The second-order valence-corrected chi connectivity index (χ2v) is 3.84. The number of ketones is 1. The zero-order valence-corrected chi connectivity index (χ0v) is 9.38. The predicted molar refractivity (Wildman–Crippen MR) is 62.4 cm³/mol. The monoisotopic (exact) mass is 232 g/mol. The number of carboxylic acid groups (broad SMARTS) is 1. The van der Waals surface area contributed by atoms with E-state index in [1.165, 1.54) is 12.1 Å². The van der Waals surface area contributed by atoms with Crippen LogP contribution in [0.1, 0.15) is 15.9 Å². The molecule has 1 aliphatic heterocycles. The maximum atomic E-state index is 11.2. The second kappa shape index (κ2) is 4.37. The van der Waals surface area contributed by atoms with Crippen LogP contribution in [0.15, 0.2) is 29.3 Å². The van der Waals surface area contributed by atoms with E-state index >= 15 is 0 Å². The molecule has 17 heavy (non-hydrogen) atoms. The minimum Gasteiger partial charge on any atom is -0.475 e. The van der Waals surface area contributed by atoms with Crippen LogP contribution < -0.4 is 0 Å². The number of benzene rings is 1. The first-order chi connectivity index (χ1) is 8.09. The van der Waals surface area contributed by atoms with Gasteiger partial charge in [-0.25, -0.2) is 4.79 Å². The number of aliphatic imine (C=N–C) groups is 1. The van der Waals surface area contributed by atoms with Crippen molar-refractivity contribution in [2.45, 2.75) is 0 Å². The Bertz CT molecular complexity index is 491. The topological polar surface area (TPSA) is 70.0 Å². The molecule has 0 aromatic heterocycles. The molecule has 0 spiro atoms. The van der Waals surface area contributed by atoms with Gasteiger partial charge in [0.1, 0.15) is 5.84 Å². The number of aliphatic carboxylic acids is 1. The van der Waals surface area contributed by atoms with Gasteiger partial charge < -0.3 is 10.0 Å². The summed E-state index contributed by atoms with van der Waals surface area (Å²) in [7, 11) is 1.95. The smallest absolute Gasteiger partial charge is 0.377 e. The first kappa shape index (κ1) is 11.3. The molecule has 1 heterocycles. The molecule has 0 saturated heterocycles. The Morgan fingerprint density at radius 2 is 1.94 bits per heavy atom. The number of nitrogens with zero attached hydrogens (tertiary/aromatic N) is 2. The van der Waals surface area contributed by atoms with Crippen LogP contribution in [0.4, 0.5) is 0 Å². The van der Waals surface area contributed by atoms with Crippen molar-refractivity contribution in [2.75, 3.05) is 20.1 Å². The van der Waals surface area contributed by atoms with Crippen LogP contribution in [0, 0.1) is 0 Å². The molecular weight excluding hydrogens is 220 g/mol. The maximum absolute atomic E-state index is 11.2. The van der Waals surface area contributed by atoms with Crippen molar-refractivity contribution in [1.29, 1.82) is 0 Å². The van der Waals surface area contributed by atoms with Gasteiger partial charge >= 0.3 is 5.97 Å². The van der Waals surface area contributed by atoms with Crippen molar-refractivity contribution < 1.29 is 14.7 Å². The Kier molecular flexibility index (Phi) is 2.91. The summed E-state index contributed by atoms with van der Waals surface area (Å²) < 4.78 is 0. The number of Topliss-reactive ketones (excluding diaryl/α,β-unsaturated/α-hetero) is 1. The fourth-order valence-corrected chi connectivity index (χ4v) is 1.74. The van der Waals surface area contributed by atoms with Crippen LogP contribution in [0.2, 0.25) is 0 Å². The average Bonchev–Trinajstić information content (AvgIpc) is 2.74. The first-order valence-corrected chi connectivity index (χ1v) is 5.23. The largest absolute Gasteiger partial charge is 0.475 e. The molecule has 0 fully saturated rings. The van der Waals surface area contributed by atoms with Crippen LogP contribution in [0.5, 0.6) is 0 Å².